The van der Waals surface area contributed by atoms with E-state index in [1.54, 1.807) is 18.2 Å². The van der Waals surface area contributed by atoms with Gasteiger partial charge in [-0.25, -0.2) is 0 Å². The molecule has 3 nitrogen and oxygen atoms in total. The van der Waals surface area contributed by atoms with Crippen LogP contribution in [-0.2, 0) is 0 Å². The number of nitrogens with zero attached hydrogens (tertiary/aromatic N) is 1. The third kappa shape index (κ3) is 3.62. The van der Waals surface area contributed by atoms with Crippen molar-refractivity contribution < 1.29 is 0 Å². The van der Waals surface area contributed by atoms with Crippen LogP contribution in [0.2, 0.25) is 5.02 Å². The highest BCUT2D eigenvalue weighted by Gasteiger charge is 2.00. The van der Waals surface area contributed by atoms with Gasteiger partial charge in [0.1, 0.15) is 6.07 Å². The molecule has 0 aliphatic rings. The van der Waals surface area contributed by atoms with Crippen LogP contribution in [0.4, 0.5) is 5.69 Å². The van der Waals surface area contributed by atoms with Gasteiger partial charge in [0.2, 0.25) is 0 Å². The highest BCUT2D eigenvalue weighted by atomic mass is 35.5. The predicted octanol–water partition coefficient (Wildman–Crippen LogP) is 2.14. The van der Waals surface area contributed by atoms with Crippen LogP contribution in [0.1, 0.15) is 5.56 Å². The Hall–Kier alpha value is -1.50. The van der Waals surface area contributed by atoms with E-state index < -0.39 is 0 Å². The molecule has 1 aromatic carbocycles. The van der Waals surface area contributed by atoms with E-state index in [-0.39, 0.29) is 0 Å². The smallest absolute Gasteiger partial charge is 0.101 e. The Labute approximate surface area is 94.2 Å². The second-order valence-electron chi connectivity index (χ2n) is 2.89. The lowest BCUT2D eigenvalue weighted by Crippen LogP contribution is -2.01. The minimum atomic E-state index is 0.521. The summed E-state index contributed by atoms with van der Waals surface area (Å²) in [5.74, 6) is 0. The molecule has 3 N–H and O–H groups in total. The van der Waals surface area contributed by atoms with E-state index in [4.69, 9.17) is 22.6 Å². The predicted molar refractivity (Wildman–Crippen MR) is 62.9 cm³/mol. The lowest BCUT2D eigenvalue weighted by molar-refractivity contribution is 1.22. The largest absolute Gasteiger partial charge is 0.381 e. The number of hydrogen-bond acceptors (Lipinski definition) is 3. The Bertz CT molecular complexity index is 393. The number of nitrogens with one attached hydrogen (secondary N) is 1. The zero-order valence-corrected chi connectivity index (χ0v) is 8.96. The summed E-state index contributed by atoms with van der Waals surface area (Å²) >= 11 is 5.77. The van der Waals surface area contributed by atoms with Gasteiger partial charge in [-0.15, -0.1) is 0 Å². The van der Waals surface area contributed by atoms with Crippen molar-refractivity contribution in [2.24, 2.45) is 5.73 Å². The summed E-state index contributed by atoms with van der Waals surface area (Å²) in [6.45, 7) is 1.17. The summed E-state index contributed by atoms with van der Waals surface area (Å²) < 4.78 is 0. The average Bonchev–Trinajstić information content (AvgIpc) is 2.26. The van der Waals surface area contributed by atoms with Gasteiger partial charge in [-0.05, 0) is 18.2 Å². The number of nitrogens with two attached hydrogens (primary N) is 1. The molecule has 0 fully saturated rings. The van der Waals surface area contributed by atoms with E-state index >= 15 is 0 Å². The summed E-state index contributed by atoms with van der Waals surface area (Å²) in [4.78, 5) is 0. The summed E-state index contributed by atoms with van der Waals surface area (Å²) in [5, 5.41) is 12.5. The Morgan fingerprint density at radius 1 is 1.47 bits per heavy atom. The van der Waals surface area contributed by atoms with Gasteiger partial charge in [0, 0.05) is 18.1 Å². The molecule has 0 saturated heterocycles. The van der Waals surface area contributed by atoms with E-state index in [9.17, 15) is 0 Å². The van der Waals surface area contributed by atoms with Crippen LogP contribution in [0, 0.1) is 11.3 Å². The summed E-state index contributed by atoms with van der Waals surface area (Å²) in [5.41, 5.74) is 6.63. The molecule has 4 heteroatoms. The highest BCUT2D eigenvalue weighted by molar-refractivity contribution is 6.30. The fraction of sp³-hybridized carbons (Fsp3) is 0.182. The van der Waals surface area contributed by atoms with Crippen LogP contribution in [0.25, 0.3) is 0 Å². The van der Waals surface area contributed by atoms with Crippen LogP contribution in [0.15, 0.2) is 30.4 Å². The molecule has 0 aliphatic carbocycles. The molecule has 0 amide bonds. The number of hydrogen-bond donors (Lipinski definition) is 2. The molecule has 0 heterocycles. The quantitative estimate of drug-likeness (QED) is 0.766. The molecule has 0 saturated carbocycles. The van der Waals surface area contributed by atoms with E-state index in [1.807, 2.05) is 12.2 Å². The fourth-order valence-electron chi connectivity index (χ4n) is 1.11. The number of rotatable bonds is 4. The molecule has 1 rings (SSSR count). The number of anilines is 1. The number of halogens is 1. The van der Waals surface area contributed by atoms with Crippen LogP contribution in [0.3, 0.4) is 0 Å². The third-order valence-corrected chi connectivity index (χ3v) is 2.05. The lowest BCUT2D eigenvalue weighted by Gasteiger charge is -2.05. The first-order valence-electron chi connectivity index (χ1n) is 4.56. The molecular formula is C11H12ClN3. The normalized spacial score (nSPS) is 10.2. The standard InChI is InChI=1S/C11H12ClN3/c12-10-3-4-11(9(7-10)8-14)15-6-2-1-5-13/h1-4,7,15H,5-6,13H2/b2-1+. The average molecular weight is 222 g/mol. The van der Waals surface area contributed by atoms with Crippen molar-refractivity contribution in [3.63, 3.8) is 0 Å². The van der Waals surface area contributed by atoms with Crippen molar-refractivity contribution in [1.82, 2.24) is 0 Å². The Morgan fingerprint density at radius 3 is 2.93 bits per heavy atom. The first-order chi connectivity index (χ1) is 7.27. The van der Waals surface area contributed by atoms with E-state index in [0.717, 1.165) is 5.69 Å². The first-order valence-corrected chi connectivity index (χ1v) is 4.94. The Morgan fingerprint density at radius 2 is 2.27 bits per heavy atom. The molecule has 78 valence electrons. The van der Waals surface area contributed by atoms with E-state index in [2.05, 4.69) is 11.4 Å². The monoisotopic (exact) mass is 221 g/mol. The van der Waals surface area contributed by atoms with Crippen LogP contribution < -0.4 is 11.1 Å². The van der Waals surface area contributed by atoms with Gasteiger partial charge in [-0.1, -0.05) is 23.8 Å². The first kappa shape index (κ1) is 11.6. The molecule has 0 aliphatic heterocycles. The maximum absolute atomic E-state index is 8.86. The van der Waals surface area contributed by atoms with Crippen molar-refractivity contribution >= 4 is 17.3 Å². The zero-order chi connectivity index (χ0) is 11.1. The fourth-order valence-corrected chi connectivity index (χ4v) is 1.28. The third-order valence-electron chi connectivity index (χ3n) is 1.82. The van der Waals surface area contributed by atoms with E-state index in [1.165, 1.54) is 0 Å². The van der Waals surface area contributed by atoms with Crippen LogP contribution in [0.5, 0.6) is 0 Å². The molecule has 1 aromatic rings. The summed E-state index contributed by atoms with van der Waals surface area (Å²) in [6.07, 6.45) is 3.77. The zero-order valence-electron chi connectivity index (χ0n) is 8.20. The minimum absolute atomic E-state index is 0.521. The topological polar surface area (TPSA) is 61.8 Å². The number of benzene rings is 1. The molecular weight excluding hydrogens is 210 g/mol. The van der Waals surface area contributed by atoms with Crippen molar-refractivity contribution in [1.29, 1.82) is 5.26 Å². The molecule has 0 radical (unpaired) electrons. The van der Waals surface area contributed by atoms with Gasteiger partial charge in [-0.2, -0.15) is 5.26 Å². The Kier molecular flexibility index (Phi) is 4.69. The molecule has 0 spiro atoms. The maximum atomic E-state index is 8.86. The van der Waals surface area contributed by atoms with Crippen molar-refractivity contribution in [2.75, 3.05) is 18.4 Å². The molecule has 0 aromatic heterocycles. The van der Waals surface area contributed by atoms with Gasteiger partial charge in [-0.3, -0.25) is 0 Å². The van der Waals surface area contributed by atoms with Gasteiger partial charge in [0.05, 0.1) is 11.3 Å². The second kappa shape index (κ2) is 6.07. The maximum Gasteiger partial charge on any atom is 0.101 e. The van der Waals surface area contributed by atoms with Crippen LogP contribution >= 0.6 is 11.6 Å². The van der Waals surface area contributed by atoms with Crippen molar-refractivity contribution in [3.8, 4) is 6.07 Å². The summed E-state index contributed by atoms with van der Waals surface area (Å²) in [6, 6.07) is 7.25. The second-order valence-corrected chi connectivity index (χ2v) is 3.33. The lowest BCUT2D eigenvalue weighted by atomic mass is 10.2. The SMILES string of the molecule is N#Cc1cc(Cl)ccc1NC/C=C/CN. The van der Waals surface area contributed by atoms with Crippen molar-refractivity contribution in [3.05, 3.63) is 40.9 Å². The molecule has 0 unspecified atom stereocenters. The minimum Gasteiger partial charge on any atom is -0.381 e. The van der Waals surface area contributed by atoms with Crippen molar-refractivity contribution in [2.45, 2.75) is 0 Å². The highest BCUT2D eigenvalue weighted by Crippen LogP contribution is 2.19. The van der Waals surface area contributed by atoms with Gasteiger partial charge in [0.15, 0.2) is 0 Å². The molecule has 0 bridgehead atoms. The Balaban J connectivity index is 2.69. The van der Waals surface area contributed by atoms with E-state index in [0.29, 0.717) is 23.7 Å². The van der Waals surface area contributed by atoms with Gasteiger partial charge in [0.25, 0.3) is 0 Å². The molecule has 0 atom stereocenters. The van der Waals surface area contributed by atoms with Gasteiger partial charge >= 0.3 is 0 Å². The summed E-state index contributed by atoms with van der Waals surface area (Å²) in [7, 11) is 0. The van der Waals surface area contributed by atoms with Gasteiger partial charge < -0.3 is 11.1 Å². The van der Waals surface area contributed by atoms with Crippen LogP contribution in [-0.4, -0.2) is 13.1 Å². The molecule has 15 heavy (non-hydrogen) atoms. The number of nitriles is 1.